The Kier molecular flexibility index (Phi) is 11.1. The van der Waals surface area contributed by atoms with Crippen LogP contribution in [0.4, 0.5) is 0 Å². The van der Waals surface area contributed by atoms with E-state index in [0.717, 1.165) is 17.8 Å². The minimum atomic E-state index is -2.30. The largest absolute Gasteiger partial charge is 0.500 e. The lowest BCUT2D eigenvalue weighted by Gasteiger charge is -2.24. The molecular formula is C11H25BrO3Si. The molecule has 16 heavy (non-hydrogen) atoms. The molecule has 0 aliphatic carbocycles. The van der Waals surface area contributed by atoms with Crippen LogP contribution in [-0.2, 0) is 13.3 Å². The van der Waals surface area contributed by atoms with E-state index in [-0.39, 0.29) is 0 Å². The molecule has 0 radical (unpaired) electrons. The van der Waals surface area contributed by atoms with Crippen LogP contribution in [0.15, 0.2) is 0 Å². The molecule has 5 heteroatoms. The van der Waals surface area contributed by atoms with Gasteiger partial charge in [-0.15, -0.1) is 0 Å². The van der Waals surface area contributed by atoms with E-state index < -0.39 is 8.80 Å². The highest BCUT2D eigenvalue weighted by Crippen LogP contribution is 2.18. The first kappa shape index (κ1) is 16.6. The summed E-state index contributed by atoms with van der Waals surface area (Å²) in [7, 11) is 2.73. The molecular weight excluding hydrogens is 288 g/mol. The van der Waals surface area contributed by atoms with Gasteiger partial charge in [0.05, 0.1) is 0 Å². The summed E-state index contributed by atoms with van der Waals surface area (Å²) in [5.74, 6) is 0. The van der Waals surface area contributed by atoms with Gasteiger partial charge in [-0.1, -0.05) is 41.6 Å². The Balaban J connectivity index is 3.48. The second kappa shape index (κ2) is 10.7. The predicted octanol–water partition coefficient (Wildman–Crippen LogP) is 3.60. The van der Waals surface area contributed by atoms with Crippen molar-refractivity contribution >= 4 is 24.7 Å². The van der Waals surface area contributed by atoms with Gasteiger partial charge in [0.25, 0.3) is 0 Å². The van der Waals surface area contributed by atoms with Crippen LogP contribution < -0.4 is 0 Å². The summed E-state index contributed by atoms with van der Waals surface area (Å²) in [6.45, 7) is 0. The maximum absolute atomic E-state index is 5.37. The fourth-order valence-corrected chi connectivity index (χ4v) is 3.89. The zero-order valence-corrected chi connectivity index (χ0v) is 13.3. The van der Waals surface area contributed by atoms with E-state index >= 15 is 0 Å². The van der Waals surface area contributed by atoms with E-state index in [4.69, 9.17) is 13.3 Å². The van der Waals surface area contributed by atoms with Crippen LogP contribution in [0, 0.1) is 0 Å². The molecule has 0 unspecified atom stereocenters. The number of rotatable bonds is 11. The first-order valence-electron chi connectivity index (χ1n) is 5.96. The zero-order valence-electron chi connectivity index (χ0n) is 10.8. The number of unbranched alkanes of at least 4 members (excludes halogenated alkanes) is 5. The molecule has 0 rings (SSSR count). The Hall–Kier alpha value is 0.577. The third-order valence-electron chi connectivity index (χ3n) is 2.80. The van der Waals surface area contributed by atoms with Crippen LogP contribution in [0.5, 0.6) is 0 Å². The van der Waals surface area contributed by atoms with E-state index in [1.165, 1.54) is 32.1 Å². The molecule has 0 heterocycles. The third kappa shape index (κ3) is 7.01. The summed E-state index contributed by atoms with van der Waals surface area (Å²) >= 11 is 3.44. The molecule has 0 aliphatic rings. The first-order chi connectivity index (χ1) is 7.74. The van der Waals surface area contributed by atoms with Crippen LogP contribution >= 0.6 is 15.9 Å². The maximum atomic E-state index is 5.37. The summed E-state index contributed by atoms with van der Waals surface area (Å²) in [6, 6.07) is 0.926. The van der Waals surface area contributed by atoms with Gasteiger partial charge in [-0.25, -0.2) is 0 Å². The standard InChI is InChI=1S/C11H25BrO3Si/c1-13-16(14-2,15-3)11-9-7-5-4-6-8-10-12/h4-11H2,1-3H3. The first-order valence-corrected chi connectivity index (χ1v) is 9.01. The van der Waals surface area contributed by atoms with E-state index in [2.05, 4.69) is 15.9 Å². The van der Waals surface area contributed by atoms with Crippen molar-refractivity contribution in [1.29, 1.82) is 0 Å². The van der Waals surface area contributed by atoms with Crippen molar-refractivity contribution in [2.75, 3.05) is 26.7 Å². The summed E-state index contributed by atoms with van der Waals surface area (Å²) in [6.07, 6.45) is 7.62. The Bertz CT molecular complexity index is 146. The SMILES string of the molecule is CO[Si](CCCCCCCCBr)(OC)OC. The highest BCUT2D eigenvalue weighted by molar-refractivity contribution is 9.09. The van der Waals surface area contributed by atoms with E-state index in [1.54, 1.807) is 21.3 Å². The van der Waals surface area contributed by atoms with Gasteiger partial charge in [-0.05, 0) is 12.8 Å². The van der Waals surface area contributed by atoms with Crippen molar-refractivity contribution < 1.29 is 13.3 Å². The Labute approximate surface area is 109 Å². The quantitative estimate of drug-likeness (QED) is 0.331. The van der Waals surface area contributed by atoms with Gasteiger partial charge in [0.1, 0.15) is 0 Å². The number of alkyl halides is 1. The molecule has 0 aromatic rings. The molecule has 98 valence electrons. The molecule has 0 amide bonds. The summed E-state index contributed by atoms with van der Waals surface area (Å²) in [5.41, 5.74) is 0. The molecule has 0 aromatic carbocycles. The number of hydrogen-bond donors (Lipinski definition) is 0. The smallest absolute Gasteiger partial charge is 0.377 e. The second-order valence-corrected chi connectivity index (χ2v) is 7.74. The van der Waals surface area contributed by atoms with E-state index in [0.29, 0.717) is 0 Å². The fraction of sp³-hybridized carbons (Fsp3) is 1.00. The summed E-state index contributed by atoms with van der Waals surface area (Å²) in [5, 5.41) is 1.13. The maximum Gasteiger partial charge on any atom is 0.500 e. The van der Waals surface area contributed by atoms with Crippen molar-refractivity contribution in [2.24, 2.45) is 0 Å². The molecule has 0 bridgehead atoms. The Morgan fingerprint density at radius 1 is 0.750 bits per heavy atom. The highest BCUT2D eigenvalue weighted by atomic mass is 79.9. The Morgan fingerprint density at radius 2 is 1.19 bits per heavy atom. The van der Waals surface area contributed by atoms with Gasteiger partial charge >= 0.3 is 8.80 Å². The van der Waals surface area contributed by atoms with Crippen LogP contribution in [0.1, 0.15) is 38.5 Å². The van der Waals surface area contributed by atoms with E-state index in [9.17, 15) is 0 Å². The van der Waals surface area contributed by atoms with Crippen LogP contribution in [0.2, 0.25) is 6.04 Å². The lowest BCUT2D eigenvalue weighted by atomic mass is 10.1. The zero-order chi connectivity index (χ0) is 12.3. The summed E-state index contributed by atoms with van der Waals surface area (Å²) in [4.78, 5) is 0. The van der Waals surface area contributed by atoms with Gasteiger partial charge in [0.2, 0.25) is 0 Å². The van der Waals surface area contributed by atoms with Gasteiger partial charge in [-0.2, -0.15) is 0 Å². The van der Waals surface area contributed by atoms with Crippen molar-refractivity contribution in [2.45, 2.75) is 44.6 Å². The molecule has 0 fully saturated rings. The van der Waals surface area contributed by atoms with Crippen LogP contribution in [-0.4, -0.2) is 35.5 Å². The average molecular weight is 313 g/mol. The number of hydrogen-bond acceptors (Lipinski definition) is 3. The van der Waals surface area contributed by atoms with Gasteiger partial charge in [0.15, 0.2) is 0 Å². The molecule has 0 spiro atoms. The molecule has 0 aliphatic heterocycles. The minimum Gasteiger partial charge on any atom is -0.377 e. The highest BCUT2D eigenvalue weighted by Gasteiger charge is 2.36. The lowest BCUT2D eigenvalue weighted by Crippen LogP contribution is -2.42. The monoisotopic (exact) mass is 312 g/mol. The van der Waals surface area contributed by atoms with Crippen LogP contribution in [0.25, 0.3) is 0 Å². The van der Waals surface area contributed by atoms with Crippen molar-refractivity contribution in [3.8, 4) is 0 Å². The van der Waals surface area contributed by atoms with Crippen molar-refractivity contribution in [1.82, 2.24) is 0 Å². The van der Waals surface area contributed by atoms with Gasteiger partial charge in [-0.3, -0.25) is 0 Å². The average Bonchev–Trinajstić information content (AvgIpc) is 2.34. The van der Waals surface area contributed by atoms with Crippen molar-refractivity contribution in [3.05, 3.63) is 0 Å². The Morgan fingerprint density at radius 3 is 1.62 bits per heavy atom. The number of halogens is 1. The lowest BCUT2D eigenvalue weighted by molar-refractivity contribution is 0.122. The topological polar surface area (TPSA) is 27.7 Å². The minimum absolute atomic E-state index is 0.926. The van der Waals surface area contributed by atoms with Crippen molar-refractivity contribution in [3.63, 3.8) is 0 Å². The summed E-state index contributed by atoms with van der Waals surface area (Å²) < 4.78 is 16.1. The second-order valence-electron chi connectivity index (χ2n) is 3.86. The van der Waals surface area contributed by atoms with Gasteiger partial charge in [0, 0.05) is 32.7 Å². The molecule has 0 saturated heterocycles. The molecule has 0 N–H and O–H groups in total. The molecule has 0 saturated carbocycles. The van der Waals surface area contributed by atoms with Crippen LogP contribution in [0.3, 0.4) is 0 Å². The molecule has 3 nitrogen and oxygen atoms in total. The normalized spacial score (nSPS) is 12.0. The van der Waals surface area contributed by atoms with Gasteiger partial charge < -0.3 is 13.3 Å². The third-order valence-corrected chi connectivity index (χ3v) is 6.19. The predicted molar refractivity (Wildman–Crippen MR) is 73.1 cm³/mol. The molecule has 0 aromatic heterocycles. The fourth-order valence-electron chi connectivity index (χ4n) is 1.70. The molecule has 0 atom stereocenters. The van der Waals surface area contributed by atoms with E-state index in [1.807, 2.05) is 0 Å².